The summed E-state index contributed by atoms with van der Waals surface area (Å²) in [6, 6.07) is 23.9. The molecule has 0 aliphatic heterocycles. The predicted molar refractivity (Wildman–Crippen MR) is 104 cm³/mol. The number of sulfone groups is 1. The smallest absolute Gasteiger partial charge is 0.178 e. The molecule has 0 saturated carbocycles. The molecule has 0 bridgehead atoms. The van der Waals surface area contributed by atoms with Gasteiger partial charge in [-0.3, -0.25) is 4.79 Å². The van der Waals surface area contributed by atoms with Gasteiger partial charge in [-0.15, -0.1) is 0 Å². The summed E-state index contributed by atoms with van der Waals surface area (Å²) in [6.45, 7) is 1.90. The van der Waals surface area contributed by atoms with Crippen LogP contribution in [0.4, 0.5) is 0 Å². The first-order chi connectivity index (χ1) is 12.5. The zero-order valence-corrected chi connectivity index (χ0v) is 15.4. The van der Waals surface area contributed by atoms with Crippen molar-refractivity contribution >= 4 is 15.6 Å². The third-order valence-corrected chi connectivity index (χ3v) is 6.02. The number of aryl methyl sites for hydroxylation is 1. The molecule has 3 rings (SSSR count). The van der Waals surface area contributed by atoms with E-state index in [1.807, 2.05) is 49.4 Å². The van der Waals surface area contributed by atoms with Gasteiger partial charge in [0, 0.05) is 12.0 Å². The van der Waals surface area contributed by atoms with Crippen LogP contribution in [0.2, 0.25) is 0 Å². The lowest BCUT2D eigenvalue weighted by Crippen LogP contribution is -2.11. The van der Waals surface area contributed by atoms with E-state index in [4.69, 9.17) is 0 Å². The minimum atomic E-state index is -3.45. The number of Topliss-reactive ketones (excluding diaryl/α,β-unsaturated/α-hetero) is 1. The van der Waals surface area contributed by atoms with Crippen LogP contribution in [0.1, 0.15) is 22.3 Å². The van der Waals surface area contributed by atoms with Gasteiger partial charge in [0.2, 0.25) is 0 Å². The molecule has 0 fully saturated rings. The Bertz CT molecular complexity index is 988. The summed E-state index contributed by atoms with van der Waals surface area (Å²) in [5.41, 5.74) is 3.63. The first-order valence-corrected chi connectivity index (χ1v) is 10.1. The van der Waals surface area contributed by atoms with Crippen molar-refractivity contribution in [3.8, 4) is 11.1 Å². The third kappa shape index (κ3) is 4.27. The molecule has 0 amide bonds. The lowest BCUT2D eigenvalue weighted by Gasteiger charge is -2.06. The second kappa shape index (κ2) is 7.67. The van der Waals surface area contributed by atoms with Gasteiger partial charge in [-0.1, -0.05) is 72.3 Å². The van der Waals surface area contributed by atoms with Crippen LogP contribution in [0.3, 0.4) is 0 Å². The first kappa shape index (κ1) is 18.1. The molecule has 0 saturated heterocycles. The van der Waals surface area contributed by atoms with Gasteiger partial charge in [0.25, 0.3) is 0 Å². The first-order valence-electron chi connectivity index (χ1n) is 8.44. The average Bonchev–Trinajstić information content (AvgIpc) is 2.67. The Morgan fingerprint density at radius 2 is 1.35 bits per heavy atom. The van der Waals surface area contributed by atoms with Crippen molar-refractivity contribution in [1.82, 2.24) is 0 Å². The highest BCUT2D eigenvalue weighted by Gasteiger charge is 2.17. The molecule has 0 N–H and O–H groups in total. The summed E-state index contributed by atoms with van der Waals surface area (Å²) in [4.78, 5) is 12.6. The largest absolute Gasteiger partial charge is 0.294 e. The van der Waals surface area contributed by atoms with E-state index in [-0.39, 0.29) is 22.9 Å². The number of hydrogen-bond acceptors (Lipinski definition) is 3. The van der Waals surface area contributed by atoms with E-state index in [1.54, 1.807) is 36.4 Å². The second-order valence-electron chi connectivity index (χ2n) is 6.25. The Morgan fingerprint density at radius 1 is 0.769 bits per heavy atom. The maximum absolute atomic E-state index is 12.4. The van der Waals surface area contributed by atoms with Crippen molar-refractivity contribution in [1.29, 1.82) is 0 Å². The number of rotatable bonds is 6. The summed E-state index contributed by atoms with van der Waals surface area (Å²) in [6.07, 6.45) is -0.0269. The summed E-state index contributed by atoms with van der Waals surface area (Å²) >= 11 is 0. The number of carbonyl (C=O) groups is 1. The van der Waals surface area contributed by atoms with Gasteiger partial charge in [0.1, 0.15) is 0 Å². The summed E-state index contributed by atoms with van der Waals surface area (Å²) < 4.78 is 24.7. The van der Waals surface area contributed by atoms with E-state index in [2.05, 4.69) is 0 Å². The zero-order chi connectivity index (χ0) is 18.6. The van der Waals surface area contributed by atoms with Gasteiger partial charge < -0.3 is 0 Å². The highest BCUT2D eigenvalue weighted by molar-refractivity contribution is 7.91. The molecule has 3 aromatic rings. The van der Waals surface area contributed by atoms with Gasteiger partial charge in [-0.05, 0) is 30.2 Å². The second-order valence-corrected chi connectivity index (χ2v) is 8.36. The van der Waals surface area contributed by atoms with Crippen LogP contribution in [0.15, 0.2) is 83.8 Å². The van der Waals surface area contributed by atoms with Crippen LogP contribution in [0.25, 0.3) is 11.1 Å². The quantitative estimate of drug-likeness (QED) is 0.595. The van der Waals surface area contributed by atoms with Gasteiger partial charge in [-0.2, -0.15) is 0 Å². The number of carbonyl (C=O) groups excluding carboxylic acids is 1. The van der Waals surface area contributed by atoms with Gasteiger partial charge in [-0.25, -0.2) is 8.42 Å². The fraction of sp³-hybridized carbons (Fsp3) is 0.136. The Labute approximate surface area is 154 Å². The highest BCUT2D eigenvalue weighted by Crippen LogP contribution is 2.20. The molecular formula is C22H20O3S. The minimum Gasteiger partial charge on any atom is -0.294 e. The Kier molecular flexibility index (Phi) is 5.33. The Balaban J connectivity index is 1.67. The van der Waals surface area contributed by atoms with Crippen molar-refractivity contribution in [3.63, 3.8) is 0 Å². The normalized spacial score (nSPS) is 11.3. The predicted octanol–water partition coefficient (Wildman–Crippen LogP) is 4.71. The van der Waals surface area contributed by atoms with Crippen molar-refractivity contribution in [2.45, 2.75) is 18.2 Å². The molecule has 0 radical (unpaired) electrons. The maximum atomic E-state index is 12.4. The summed E-state index contributed by atoms with van der Waals surface area (Å²) in [7, 11) is -3.45. The SMILES string of the molecule is Cc1ccc(S(=O)(=O)CCC(=O)c2ccc(-c3ccccc3)cc2)cc1. The van der Waals surface area contributed by atoms with Crippen LogP contribution in [-0.2, 0) is 9.84 Å². The average molecular weight is 364 g/mol. The molecule has 0 atom stereocenters. The van der Waals surface area contributed by atoms with Crippen LogP contribution >= 0.6 is 0 Å². The molecule has 0 aliphatic carbocycles. The fourth-order valence-electron chi connectivity index (χ4n) is 2.71. The van der Waals surface area contributed by atoms with Gasteiger partial charge >= 0.3 is 0 Å². The molecule has 26 heavy (non-hydrogen) atoms. The van der Waals surface area contributed by atoms with Crippen molar-refractivity contribution in [3.05, 3.63) is 90.0 Å². The van der Waals surface area contributed by atoms with Gasteiger partial charge in [0.05, 0.1) is 10.6 Å². The lowest BCUT2D eigenvalue weighted by molar-refractivity contribution is 0.0989. The van der Waals surface area contributed by atoms with E-state index in [0.29, 0.717) is 5.56 Å². The van der Waals surface area contributed by atoms with E-state index in [1.165, 1.54) is 0 Å². The molecular weight excluding hydrogens is 344 g/mol. The highest BCUT2D eigenvalue weighted by atomic mass is 32.2. The molecule has 132 valence electrons. The zero-order valence-electron chi connectivity index (χ0n) is 14.6. The van der Waals surface area contributed by atoms with Crippen molar-refractivity contribution in [2.24, 2.45) is 0 Å². The standard InChI is InChI=1S/C22H20O3S/c1-17-7-13-21(14-8-17)26(24,25)16-15-22(23)20-11-9-19(10-12-20)18-5-3-2-4-6-18/h2-14H,15-16H2,1H3. The van der Waals surface area contributed by atoms with E-state index in [0.717, 1.165) is 16.7 Å². The van der Waals surface area contributed by atoms with E-state index < -0.39 is 9.84 Å². The van der Waals surface area contributed by atoms with E-state index in [9.17, 15) is 13.2 Å². The molecule has 0 heterocycles. The van der Waals surface area contributed by atoms with Crippen molar-refractivity contribution < 1.29 is 13.2 Å². The van der Waals surface area contributed by atoms with Gasteiger partial charge in [0.15, 0.2) is 15.6 Å². The Morgan fingerprint density at radius 3 is 1.96 bits per heavy atom. The molecule has 3 nitrogen and oxygen atoms in total. The lowest BCUT2D eigenvalue weighted by atomic mass is 10.0. The van der Waals surface area contributed by atoms with Crippen LogP contribution in [-0.4, -0.2) is 20.0 Å². The van der Waals surface area contributed by atoms with E-state index >= 15 is 0 Å². The molecule has 0 aliphatic rings. The Hall–Kier alpha value is -2.72. The molecule has 0 aromatic heterocycles. The molecule has 0 spiro atoms. The van der Waals surface area contributed by atoms with Crippen LogP contribution in [0, 0.1) is 6.92 Å². The molecule has 4 heteroatoms. The monoisotopic (exact) mass is 364 g/mol. The topological polar surface area (TPSA) is 51.2 Å². The third-order valence-electron chi connectivity index (χ3n) is 4.29. The summed E-state index contributed by atoms with van der Waals surface area (Å²) in [5.74, 6) is -0.352. The summed E-state index contributed by atoms with van der Waals surface area (Å²) in [5, 5.41) is 0. The number of benzene rings is 3. The van der Waals surface area contributed by atoms with Crippen LogP contribution in [0.5, 0.6) is 0 Å². The minimum absolute atomic E-state index is 0.0269. The molecule has 3 aromatic carbocycles. The number of ketones is 1. The fourth-order valence-corrected chi connectivity index (χ4v) is 3.95. The number of hydrogen-bond donors (Lipinski definition) is 0. The molecule has 0 unspecified atom stereocenters. The van der Waals surface area contributed by atoms with Crippen molar-refractivity contribution in [2.75, 3.05) is 5.75 Å². The van der Waals surface area contributed by atoms with Crippen LogP contribution < -0.4 is 0 Å². The maximum Gasteiger partial charge on any atom is 0.178 e.